The lowest BCUT2D eigenvalue weighted by Gasteiger charge is -2.32. The number of carbonyl (C=O) groups is 3. The zero-order valence-electron chi connectivity index (χ0n) is 16.5. The largest absolute Gasteiger partial charge is 0.326 e. The number of nitrogens with one attached hydrogen (secondary N) is 1. The number of amides is 3. The molecule has 4 unspecified atom stereocenters. The van der Waals surface area contributed by atoms with Crippen LogP contribution in [0.25, 0.3) is 0 Å². The maximum atomic E-state index is 13.8. The normalized spacial score (nSPS) is 28.9. The Hall–Kier alpha value is -2.73. The molecule has 1 saturated heterocycles. The topological polar surface area (TPSA) is 66.5 Å². The highest BCUT2D eigenvalue weighted by Crippen LogP contribution is 2.62. The Morgan fingerprint density at radius 2 is 1.93 bits per heavy atom. The van der Waals surface area contributed by atoms with Crippen molar-refractivity contribution < 1.29 is 14.4 Å². The molecule has 1 heterocycles. The van der Waals surface area contributed by atoms with Gasteiger partial charge >= 0.3 is 0 Å². The smallest absolute Gasteiger partial charge is 0.241 e. The van der Waals surface area contributed by atoms with Gasteiger partial charge in [0.1, 0.15) is 0 Å². The molecule has 0 radical (unpaired) electrons. The van der Waals surface area contributed by atoms with E-state index >= 15 is 0 Å². The summed E-state index contributed by atoms with van der Waals surface area (Å²) in [6.07, 6.45) is 4.84. The fraction of sp³-hybridized carbons (Fsp3) is 0.292. The van der Waals surface area contributed by atoms with Gasteiger partial charge in [-0.2, -0.15) is 0 Å². The van der Waals surface area contributed by atoms with Gasteiger partial charge in [0, 0.05) is 16.6 Å². The van der Waals surface area contributed by atoms with Gasteiger partial charge in [-0.25, -0.2) is 4.90 Å². The van der Waals surface area contributed by atoms with Crippen LogP contribution >= 0.6 is 15.9 Å². The number of allylic oxidation sites excluding steroid dienone is 2. The van der Waals surface area contributed by atoms with E-state index in [1.807, 2.05) is 61.5 Å². The van der Waals surface area contributed by atoms with E-state index in [0.717, 1.165) is 16.5 Å². The molecule has 1 N–H and O–H groups in total. The first-order chi connectivity index (χ1) is 14.4. The number of hydrogen-bond donors (Lipinski definition) is 1. The van der Waals surface area contributed by atoms with Gasteiger partial charge in [-0.05, 0) is 61.1 Å². The van der Waals surface area contributed by atoms with E-state index in [0.29, 0.717) is 11.4 Å². The molecular formula is C24H21BrN2O3. The van der Waals surface area contributed by atoms with Crippen LogP contribution in [0, 0.1) is 30.1 Å². The summed E-state index contributed by atoms with van der Waals surface area (Å²) in [6.45, 7) is 1.92. The minimum absolute atomic E-state index is 0.00858. The average molecular weight is 465 g/mol. The van der Waals surface area contributed by atoms with Gasteiger partial charge in [0.15, 0.2) is 0 Å². The molecule has 2 aliphatic carbocycles. The van der Waals surface area contributed by atoms with Crippen molar-refractivity contribution in [3.8, 4) is 0 Å². The Morgan fingerprint density at radius 1 is 1.17 bits per heavy atom. The number of nitrogens with zero attached hydrogens (tertiary/aromatic N) is 1. The lowest BCUT2D eigenvalue weighted by Crippen LogP contribution is -2.43. The molecule has 30 heavy (non-hydrogen) atoms. The number of benzene rings is 2. The first kappa shape index (κ1) is 19.2. The summed E-state index contributed by atoms with van der Waals surface area (Å²) in [7, 11) is 0. The minimum Gasteiger partial charge on any atom is -0.326 e. The predicted molar refractivity (Wildman–Crippen MR) is 118 cm³/mol. The van der Waals surface area contributed by atoms with Crippen molar-refractivity contribution in [3.63, 3.8) is 0 Å². The summed E-state index contributed by atoms with van der Waals surface area (Å²) in [6, 6.07) is 14.7. The van der Waals surface area contributed by atoms with Crippen LogP contribution in [0.2, 0.25) is 0 Å². The van der Waals surface area contributed by atoms with Gasteiger partial charge in [-0.15, -0.1) is 0 Å². The van der Waals surface area contributed by atoms with Crippen LogP contribution in [0.1, 0.15) is 18.4 Å². The van der Waals surface area contributed by atoms with Crippen molar-refractivity contribution in [2.75, 3.05) is 10.2 Å². The van der Waals surface area contributed by atoms with Crippen molar-refractivity contribution in [1.82, 2.24) is 0 Å². The third kappa shape index (κ3) is 2.70. The Labute approximate surface area is 183 Å². The maximum Gasteiger partial charge on any atom is 0.241 e. The maximum absolute atomic E-state index is 13.8. The van der Waals surface area contributed by atoms with Crippen LogP contribution in [-0.2, 0) is 14.4 Å². The summed E-state index contributed by atoms with van der Waals surface area (Å²) >= 11 is 3.47. The highest BCUT2D eigenvalue weighted by Gasteiger charge is 2.70. The number of halogens is 1. The molecule has 1 aliphatic heterocycles. The first-order valence-electron chi connectivity index (χ1n) is 10.1. The van der Waals surface area contributed by atoms with Crippen LogP contribution in [-0.4, -0.2) is 17.7 Å². The average Bonchev–Trinajstić information content (AvgIpc) is 3.37. The van der Waals surface area contributed by atoms with Crippen LogP contribution in [0.4, 0.5) is 11.4 Å². The van der Waals surface area contributed by atoms with E-state index in [4.69, 9.17) is 0 Å². The van der Waals surface area contributed by atoms with Crippen LogP contribution in [0.3, 0.4) is 0 Å². The van der Waals surface area contributed by atoms with E-state index < -0.39 is 11.3 Å². The zero-order valence-corrected chi connectivity index (χ0v) is 18.1. The lowest BCUT2D eigenvalue weighted by atomic mass is 9.67. The zero-order chi connectivity index (χ0) is 21.0. The molecule has 2 bridgehead atoms. The summed E-state index contributed by atoms with van der Waals surface area (Å²) in [5.41, 5.74) is 1.20. The van der Waals surface area contributed by atoms with Gasteiger partial charge in [0.2, 0.25) is 17.7 Å². The molecule has 4 atom stereocenters. The third-order valence-electron chi connectivity index (χ3n) is 6.76. The summed E-state index contributed by atoms with van der Waals surface area (Å²) in [5.74, 6) is -1.23. The Balaban J connectivity index is 1.51. The molecule has 152 valence electrons. The van der Waals surface area contributed by atoms with E-state index in [9.17, 15) is 14.4 Å². The fourth-order valence-corrected chi connectivity index (χ4v) is 5.68. The molecule has 6 heteroatoms. The molecule has 0 aromatic heterocycles. The lowest BCUT2D eigenvalue weighted by molar-refractivity contribution is -0.133. The Bertz CT molecular complexity index is 1100. The molecule has 5 nitrogen and oxygen atoms in total. The minimum atomic E-state index is -1.00. The van der Waals surface area contributed by atoms with Gasteiger partial charge in [-0.1, -0.05) is 46.3 Å². The number of carbonyl (C=O) groups excluding carboxylic acids is 3. The quantitative estimate of drug-likeness (QED) is 0.536. The van der Waals surface area contributed by atoms with Gasteiger partial charge in [0.05, 0.1) is 17.0 Å². The van der Waals surface area contributed by atoms with Gasteiger partial charge in [-0.3, -0.25) is 14.4 Å². The molecule has 2 aromatic rings. The highest BCUT2D eigenvalue weighted by molar-refractivity contribution is 9.10. The molecule has 0 spiro atoms. The van der Waals surface area contributed by atoms with Crippen molar-refractivity contribution in [2.24, 2.45) is 23.2 Å². The second-order valence-electron chi connectivity index (χ2n) is 8.41. The number of anilines is 2. The van der Waals surface area contributed by atoms with Crippen molar-refractivity contribution in [3.05, 3.63) is 70.7 Å². The number of fused-ring (bicyclic) bond motifs is 5. The van der Waals surface area contributed by atoms with Crippen LogP contribution in [0.5, 0.6) is 0 Å². The first-order valence-corrected chi connectivity index (χ1v) is 10.9. The van der Waals surface area contributed by atoms with Crippen LogP contribution in [0.15, 0.2) is 65.2 Å². The summed E-state index contributed by atoms with van der Waals surface area (Å²) in [4.78, 5) is 41.5. The Kier molecular flexibility index (Phi) is 4.43. The SMILES string of the molecule is Cc1cc(N2C(=O)C3C4C=CC(C4)C3(CC(=O)Nc3ccccc3)C2=O)ccc1Br. The fourth-order valence-electron chi connectivity index (χ4n) is 5.43. The van der Waals surface area contributed by atoms with E-state index in [2.05, 4.69) is 21.2 Å². The second-order valence-corrected chi connectivity index (χ2v) is 9.27. The molecule has 1 saturated carbocycles. The van der Waals surface area contributed by atoms with E-state index in [1.54, 1.807) is 6.07 Å². The van der Waals surface area contributed by atoms with Crippen molar-refractivity contribution in [2.45, 2.75) is 19.8 Å². The van der Waals surface area contributed by atoms with Crippen molar-refractivity contribution >= 4 is 45.0 Å². The Morgan fingerprint density at radius 3 is 2.67 bits per heavy atom. The standard InChI is InChI=1S/C24H21BrN2O3/c1-14-11-18(9-10-19(14)25)27-22(29)21-15-7-8-16(12-15)24(21,23(27)30)13-20(28)26-17-5-3-2-4-6-17/h2-11,15-16,21H,12-13H2,1H3,(H,26,28). The monoisotopic (exact) mass is 464 g/mol. The molecule has 5 rings (SSSR count). The molecular weight excluding hydrogens is 444 g/mol. The van der Waals surface area contributed by atoms with E-state index in [1.165, 1.54) is 4.90 Å². The molecule has 2 fully saturated rings. The van der Waals surface area contributed by atoms with Crippen LogP contribution < -0.4 is 10.2 Å². The van der Waals surface area contributed by atoms with Gasteiger partial charge in [0.25, 0.3) is 0 Å². The van der Waals surface area contributed by atoms with Gasteiger partial charge < -0.3 is 5.32 Å². The molecule has 2 aromatic carbocycles. The summed E-state index contributed by atoms with van der Waals surface area (Å²) < 4.78 is 0.921. The van der Waals surface area contributed by atoms with E-state index in [-0.39, 0.29) is 36.0 Å². The third-order valence-corrected chi connectivity index (χ3v) is 7.65. The number of rotatable bonds is 4. The number of hydrogen-bond acceptors (Lipinski definition) is 3. The number of imide groups is 1. The highest BCUT2D eigenvalue weighted by atomic mass is 79.9. The number of aryl methyl sites for hydroxylation is 1. The molecule has 3 aliphatic rings. The summed E-state index contributed by atoms with van der Waals surface area (Å²) in [5, 5.41) is 2.89. The predicted octanol–water partition coefficient (Wildman–Crippen LogP) is 4.47. The molecule has 3 amide bonds. The van der Waals surface area contributed by atoms with Crippen molar-refractivity contribution in [1.29, 1.82) is 0 Å². The number of para-hydroxylation sites is 1. The second kappa shape index (κ2) is 6.91.